The summed E-state index contributed by atoms with van der Waals surface area (Å²) in [6.45, 7) is 0. The first-order chi connectivity index (χ1) is 8.13. The summed E-state index contributed by atoms with van der Waals surface area (Å²) in [7, 11) is 1.60. The Bertz CT molecular complexity index is 592. The lowest BCUT2D eigenvalue weighted by Gasteiger charge is -2.05. The van der Waals surface area contributed by atoms with Gasteiger partial charge >= 0.3 is 0 Å². The van der Waals surface area contributed by atoms with Gasteiger partial charge in [-0.3, -0.25) is 14.0 Å². The summed E-state index contributed by atoms with van der Waals surface area (Å²) in [6.07, 6.45) is 4.77. The molecule has 0 aliphatic rings. The van der Waals surface area contributed by atoms with E-state index in [1.807, 2.05) is 0 Å². The van der Waals surface area contributed by atoms with Crippen molar-refractivity contribution >= 4 is 17.6 Å². The average Bonchev–Trinajstić information content (AvgIpc) is 2.61. The van der Waals surface area contributed by atoms with Crippen LogP contribution >= 0.6 is 11.9 Å². The van der Waals surface area contributed by atoms with Crippen LogP contribution < -0.4 is 10.3 Å². The predicted molar refractivity (Wildman–Crippen MR) is 65.9 cm³/mol. The van der Waals surface area contributed by atoms with Crippen LogP contribution in [0.2, 0.25) is 0 Å². The summed E-state index contributed by atoms with van der Waals surface area (Å²) >= 11 is 1.30. The first-order valence-electron chi connectivity index (χ1n) is 4.83. The molecule has 90 valence electrons. The monoisotopic (exact) mass is 254 g/mol. The molecule has 0 bridgehead atoms. The molecule has 0 radical (unpaired) electrons. The van der Waals surface area contributed by atoms with Gasteiger partial charge in [0.05, 0.1) is 6.20 Å². The maximum absolute atomic E-state index is 13.5. The van der Waals surface area contributed by atoms with E-state index in [1.165, 1.54) is 33.6 Å². The van der Waals surface area contributed by atoms with Gasteiger partial charge in [0.1, 0.15) is 11.4 Å². The zero-order valence-corrected chi connectivity index (χ0v) is 10.2. The number of halogens is 1. The van der Waals surface area contributed by atoms with E-state index in [0.717, 1.165) is 0 Å². The van der Waals surface area contributed by atoms with Crippen LogP contribution in [0.25, 0.3) is 5.69 Å². The van der Waals surface area contributed by atoms with Gasteiger partial charge in [-0.25, -0.2) is 0 Å². The molecule has 0 fully saturated rings. The zero-order chi connectivity index (χ0) is 12.4. The summed E-state index contributed by atoms with van der Waals surface area (Å²) in [5.74, 6) is -0.670. The van der Waals surface area contributed by atoms with Gasteiger partial charge < -0.3 is 4.72 Å². The summed E-state index contributed by atoms with van der Waals surface area (Å²) < 4.78 is 18.9. The number of aromatic nitrogens is 3. The molecule has 2 aromatic rings. The largest absolute Gasteiger partial charge is 0.325 e. The second-order valence-corrected chi connectivity index (χ2v) is 3.99. The minimum Gasteiger partial charge on any atom is -0.325 e. The van der Waals surface area contributed by atoms with Crippen molar-refractivity contribution in [3.05, 3.63) is 40.8 Å². The number of pyridine rings is 1. The smallest absolute Gasteiger partial charge is 0.279 e. The van der Waals surface area contributed by atoms with Gasteiger partial charge in [0.25, 0.3) is 11.5 Å². The number of nitrogens with zero attached hydrogens (tertiary/aromatic N) is 3. The van der Waals surface area contributed by atoms with E-state index < -0.39 is 5.95 Å². The Labute approximate surface area is 101 Å². The second kappa shape index (κ2) is 4.62. The number of aryl methyl sites for hydroxylation is 1. The highest BCUT2D eigenvalue weighted by molar-refractivity contribution is 7.99. The van der Waals surface area contributed by atoms with E-state index in [9.17, 15) is 9.18 Å². The van der Waals surface area contributed by atoms with Crippen LogP contribution in [0.5, 0.6) is 0 Å². The van der Waals surface area contributed by atoms with Gasteiger partial charge in [0.15, 0.2) is 0 Å². The summed E-state index contributed by atoms with van der Waals surface area (Å²) in [4.78, 5) is 12.0. The molecular weight excluding hydrogens is 243 g/mol. The lowest BCUT2D eigenvalue weighted by Crippen LogP contribution is -2.20. The SMILES string of the molecule is CSNc1cccn(-c2cn(C)nc2F)c1=O. The van der Waals surface area contributed by atoms with Crippen LogP contribution in [0.3, 0.4) is 0 Å². The third-order valence-corrected chi connectivity index (χ3v) is 2.61. The first kappa shape index (κ1) is 11.7. The Hall–Kier alpha value is -1.76. The molecule has 2 heterocycles. The summed E-state index contributed by atoms with van der Waals surface area (Å²) in [5, 5.41) is 3.57. The third-order valence-electron chi connectivity index (χ3n) is 2.18. The molecule has 0 spiro atoms. The van der Waals surface area contributed by atoms with Gasteiger partial charge in [-0.05, 0) is 12.1 Å². The molecule has 17 heavy (non-hydrogen) atoms. The van der Waals surface area contributed by atoms with Gasteiger partial charge in [-0.1, -0.05) is 11.9 Å². The number of hydrogen-bond donors (Lipinski definition) is 1. The minimum atomic E-state index is -0.670. The second-order valence-electron chi connectivity index (χ2n) is 3.38. The van der Waals surface area contributed by atoms with Crippen molar-refractivity contribution in [1.82, 2.24) is 14.3 Å². The Morgan fingerprint density at radius 3 is 2.88 bits per heavy atom. The van der Waals surface area contributed by atoms with Crippen molar-refractivity contribution in [3.63, 3.8) is 0 Å². The number of hydrogen-bond acceptors (Lipinski definition) is 4. The Morgan fingerprint density at radius 1 is 1.53 bits per heavy atom. The fourth-order valence-corrected chi connectivity index (χ4v) is 1.86. The van der Waals surface area contributed by atoms with Crippen molar-refractivity contribution in [2.75, 3.05) is 11.0 Å². The Balaban J connectivity index is 2.56. The standard InChI is InChI=1S/C10H11FN4OS/c1-14-6-8(9(11)12-14)15-5-3-4-7(10(15)16)13-17-2/h3-6,13H,1-2H3. The van der Waals surface area contributed by atoms with Crippen molar-refractivity contribution in [1.29, 1.82) is 0 Å². The molecule has 0 aromatic carbocycles. The summed E-state index contributed by atoms with van der Waals surface area (Å²) in [6, 6.07) is 3.32. The van der Waals surface area contributed by atoms with Crippen molar-refractivity contribution in [2.45, 2.75) is 0 Å². The molecule has 0 unspecified atom stereocenters. The maximum Gasteiger partial charge on any atom is 0.279 e. The zero-order valence-electron chi connectivity index (χ0n) is 9.35. The molecule has 0 aliphatic carbocycles. The van der Waals surface area contributed by atoms with Crippen molar-refractivity contribution in [3.8, 4) is 5.69 Å². The molecule has 0 aliphatic heterocycles. The van der Waals surface area contributed by atoms with Gasteiger partial charge in [0.2, 0.25) is 0 Å². The highest BCUT2D eigenvalue weighted by Gasteiger charge is 2.11. The van der Waals surface area contributed by atoms with Crippen LogP contribution in [0, 0.1) is 5.95 Å². The first-order valence-corrected chi connectivity index (χ1v) is 6.06. The molecular formula is C10H11FN4OS. The number of nitrogens with one attached hydrogen (secondary N) is 1. The van der Waals surface area contributed by atoms with Crippen molar-refractivity contribution in [2.24, 2.45) is 7.05 Å². The van der Waals surface area contributed by atoms with Gasteiger partial charge in [-0.15, -0.1) is 5.10 Å². The van der Waals surface area contributed by atoms with E-state index in [1.54, 1.807) is 25.4 Å². The molecule has 0 atom stereocenters. The Morgan fingerprint density at radius 2 is 2.29 bits per heavy atom. The molecule has 0 saturated heterocycles. The average molecular weight is 254 g/mol. The molecule has 0 saturated carbocycles. The van der Waals surface area contributed by atoms with Crippen molar-refractivity contribution < 1.29 is 4.39 Å². The van der Waals surface area contributed by atoms with Crippen LogP contribution in [-0.2, 0) is 7.05 Å². The molecule has 5 nitrogen and oxygen atoms in total. The molecule has 2 aromatic heterocycles. The van der Waals surface area contributed by atoms with Crippen LogP contribution in [0.1, 0.15) is 0 Å². The highest BCUT2D eigenvalue weighted by atomic mass is 32.2. The van der Waals surface area contributed by atoms with E-state index >= 15 is 0 Å². The quantitative estimate of drug-likeness (QED) is 0.841. The normalized spacial score (nSPS) is 10.5. The van der Waals surface area contributed by atoms with E-state index in [2.05, 4.69) is 9.82 Å². The van der Waals surface area contributed by atoms with E-state index in [4.69, 9.17) is 0 Å². The topological polar surface area (TPSA) is 51.9 Å². The number of anilines is 1. The highest BCUT2D eigenvalue weighted by Crippen LogP contribution is 2.11. The molecule has 1 N–H and O–H groups in total. The van der Waals surface area contributed by atoms with E-state index in [0.29, 0.717) is 5.69 Å². The van der Waals surface area contributed by atoms with Crippen LogP contribution in [0.15, 0.2) is 29.3 Å². The van der Waals surface area contributed by atoms with Crippen LogP contribution in [0.4, 0.5) is 10.1 Å². The lowest BCUT2D eigenvalue weighted by molar-refractivity contribution is 0.548. The minimum absolute atomic E-state index is 0.141. The van der Waals surface area contributed by atoms with Gasteiger partial charge in [-0.2, -0.15) is 4.39 Å². The maximum atomic E-state index is 13.5. The Kier molecular flexibility index (Phi) is 3.19. The molecule has 7 heteroatoms. The summed E-state index contributed by atoms with van der Waals surface area (Å²) in [5.41, 5.74) is 0.235. The predicted octanol–water partition coefficient (Wildman–Crippen LogP) is 1.40. The van der Waals surface area contributed by atoms with Crippen LogP contribution in [-0.4, -0.2) is 20.6 Å². The molecule has 2 rings (SSSR count). The van der Waals surface area contributed by atoms with E-state index in [-0.39, 0.29) is 11.2 Å². The fourth-order valence-electron chi connectivity index (χ4n) is 1.48. The molecule has 0 amide bonds. The lowest BCUT2D eigenvalue weighted by atomic mass is 10.4. The fraction of sp³-hybridized carbons (Fsp3) is 0.200. The van der Waals surface area contributed by atoms with Gasteiger partial charge in [0, 0.05) is 19.5 Å². The third kappa shape index (κ3) is 2.19. The number of rotatable bonds is 3.